The smallest absolute Gasteiger partial charge is 0.233 e. The summed E-state index contributed by atoms with van der Waals surface area (Å²) in [7, 11) is -3.59. The van der Waals surface area contributed by atoms with Crippen LogP contribution in [0.15, 0.2) is 33.6 Å². The van der Waals surface area contributed by atoms with Crippen LogP contribution in [0.4, 0.5) is 0 Å². The molecule has 14 heavy (non-hydrogen) atoms. The van der Waals surface area contributed by atoms with E-state index in [1.54, 1.807) is 12.1 Å². The molecule has 76 valence electrons. The van der Waals surface area contributed by atoms with Gasteiger partial charge in [0, 0.05) is 4.47 Å². The second-order valence-electron chi connectivity index (χ2n) is 2.68. The molecule has 0 radical (unpaired) electrons. The number of benzene rings is 1. The number of carbonyl (C=O) groups excluding carboxylic acids is 1. The fourth-order valence-corrected chi connectivity index (χ4v) is 2.62. The molecule has 1 amide bonds. The minimum Gasteiger partial charge on any atom is -0.369 e. The van der Waals surface area contributed by atoms with Gasteiger partial charge in [0.15, 0.2) is 9.84 Å². The molecule has 0 aromatic heterocycles. The van der Waals surface area contributed by atoms with Crippen molar-refractivity contribution in [2.45, 2.75) is 4.90 Å². The van der Waals surface area contributed by atoms with Crippen molar-refractivity contribution in [2.75, 3.05) is 5.75 Å². The Morgan fingerprint density at radius 1 is 1.43 bits per heavy atom. The molecule has 0 unspecified atom stereocenters. The van der Waals surface area contributed by atoms with Crippen LogP contribution in [0.2, 0.25) is 0 Å². The van der Waals surface area contributed by atoms with Gasteiger partial charge >= 0.3 is 0 Å². The van der Waals surface area contributed by atoms with Gasteiger partial charge in [-0.05, 0) is 18.2 Å². The molecule has 1 aromatic rings. The van der Waals surface area contributed by atoms with Crippen molar-refractivity contribution in [3.05, 3.63) is 28.7 Å². The van der Waals surface area contributed by atoms with Crippen LogP contribution in [0.1, 0.15) is 0 Å². The van der Waals surface area contributed by atoms with Gasteiger partial charge in [-0.25, -0.2) is 8.42 Å². The molecule has 1 rings (SSSR count). The summed E-state index contributed by atoms with van der Waals surface area (Å²) in [6.07, 6.45) is 0. The molecule has 0 aliphatic rings. The maximum Gasteiger partial charge on any atom is 0.233 e. The number of carbonyl (C=O) groups is 1. The van der Waals surface area contributed by atoms with Crippen LogP contribution in [-0.2, 0) is 14.6 Å². The molecule has 0 heterocycles. The first kappa shape index (κ1) is 11.2. The maximum atomic E-state index is 11.5. The predicted octanol–water partition coefficient (Wildman–Crippen LogP) is 0.708. The normalized spacial score (nSPS) is 11.2. The van der Waals surface area contributed by atoms with Crippen LogP contribution in [-0.4, -0.2) is 20.1 Å². The van der Waals surface area contributed by atoms with Gasteiger partial charge < -0.3 is 5.73 Å². The van der Waals surface area contributed by atoms with E-state index in [4.69, 9.17) is 5.73 Å². The van der Waals surface area contributed by atoms with E-state index in [1.165, 1.54) is 12.1 Å². The number of primary amides is 1. The Labute approximate surface area is 90.2 Å². The van der Waals surface area contributed by atoms with E-state index in [2.05, 4.69) is 15.9 Å². The van der Waals surface area contributed by atoms with Gasteiger partial charge in [-0.15, -0.1) is 0 Å². The summed E-state index contributed by atoms with van der Waals surface area (Å²) in [5.74, 6) is -1.52. The first-order valence-corrected chi connectivity index (χ1v) is 6.13. The molecule has 0 saturated carbocycles. The van der Waals surface area contributed by atoms with Crippen LogP contribution >= 0.6 is 15.9 Å². The van der Waals surface area contributed by atoms with Crippen molar-refractivity contribution in [1.29, 1.82) is 0 Å². The predicted molar refractivity (Wildman–Crippen MR) is 55.4 cm³/mol. The lowest BCUT2D eigenvalue weighted by Crippen LogP contribution is -2.23. The van der Waals surface area contributed by atoms with Crippen LogP contribution in [0.3, 0.4) is 0 Å². The molecule has 0 atom stereocenters. The van der Waals surface area contributed by atoms with E-state index in [0.29, 0.717) is 4.47 Å². The molecule has 6 heteroatoms. The van der Waals surface area contributed by atoms with Gasteiger partial charge in [0.2, 0.25) is 5.91 Å². The molecular formula is C8H8BrNO3S. The first-order chi connectivity index (χ1) is 6.42. The molecule has 0 aliphatic heterocycles. The van der Waals surface area contributed by atoms with Gasteiger partial charge in [0.05, 0.1) is 4.90 Å². The third-order valence-corrected chi connectivity index (χ3v) is 3.62. The zero-order chi connectivity index (χ0) is 10.8. The SMILES string of the molecule is NC(=O)CS(=O)(=O)c1cccc(Br)c1. The van der Waals surface area contributed by atoms with Crippen LogP contribution in [0.5, 0.6) is 0 Å². The Hall–Kier alpha value is -0.880. The standard InChI is InChI=1S/C8H8BrNO3S/c9-6-2-1-3-7(4-6)14(12,13)5-8(10)11/h1-4H,5H2,(H2,10,11). The summed E-state index contributed by atoms with van der Waals surface area (Å²) >= 11 is 3.14. The molecule has 1 aromatic carbocycles. The molecule has 0 bridgehead atoms. The second-order valence-corrected chi connectivity index (χ2v) is 5.59. The highest BCUT2D eigenvalue weighted by atomic mass is 79.9. The summed E-state index contributed by atoms with van der Waals surface area (Å²) < 4.78 is 23.6. The van der Waals surface area contributed by atoms with Gasteiger partial charge in [0.25, 0.3) is 0 Å². The molecule has 2 N–H and O–H groups in total. The Morgan fingerprint density at radius 3 is 2.57 bits per heavy atom. The van der Waals surface area contributed by atoms with E-state index in [9.17, 15) is 13.2 Å². The van der Waals surface area contributed by atoms with Crippen molar-refractivity contribution >= 4 is 31.7 Å². The molecule has 0 fully saturated rings. The third-order valence-electron chi connectivity index (χ3n) is 1.49. The number of sulfone groups is 1. The lowest BCUT2D eigenvalue weighted by atomic mass is 10.4. The number of hydrogen-bond acceptors (Lipinski definition) is 3. The molecule has 4 nitrogen and oxygen atoms in total. The highest BCUT2D eigenvalue weighted by Gasteiger charge is 2.17. The van der Waals surface area contributed by atoms with E-state index >= 15 is 0 Å². The van der Waals surface area contributed by atoms with Crippen LogP contribution < -0.4 is 5.73 Å². The Morgan fingerprint density at radius 2 is 2.07 bits per heavy atom. The third kappa shape index (κ3) is 2.81. The zero-order valence-electron chi connectivity index (χ0n) is 7.10. The van der Waals surface area contributed by atoms with Gasteiger partial charge in [-0.1, -0.05) is 22.0 Å². The minimum absolute atomic E-state index is 0.0886. The maximum absolute atomic E-state index is 11.5. The largest absolute Gasteiger partial charge is 0.369 e. The number of halogens is 1. The molecule has 0 spiro atoms. The van der Waals surface area contributed by atoms with Crippen molar-refractivity contribution < 1.29 is 13.2 Å². The fourth-order valence-electron chi connectivity index (χ4n) is 0.931. The summed E-state index contributed by atoms with van der Waals surface area (Å²) in [5, 5.41) is 0. The molecular weight excluding hydrogens is 270 g/mol. The minimum atomic E-state index is -3.59. The van der Waals surface area contributed by atoms with Crippen molar-refractivity contribution in [3.63, 3.8) is 0 Å². The summed E-state index contributed by atoms with van der Waals surface area (Å²) in [4.78, 5) is 10.6. The number of rotatable bonds is 3. The molecule has 0 aliphatic carbocycles. The second kappa shape index (κ2) is 4.10. The van der Waals surface area contributed by atoms with E-state index in [1.807, 2.05) is 0 Å². The van der Waals surface area contributed by atoms with Crippen molar-refractivity contribution in [2.24, 2.45) is 5.73 Å². The lowest BCUT2D eigenvalue weighted by Gasteiger charge is -2.01. The quantitative estimate of drug-likeness (QED) is 0.884. The lowest BCUT2D eigenvalue weighted by molar-refractivity contribution is -0.115. The first-order valence-electron chi connectivity index (χ1n) is 3.68. The average molecular weight is 278 g/mol. The van der Waals surface area contributed by atoms with Crippen molar-refractivity contribution in [1.82, 2.24) is 0 Å². The summed E-state index contributed by atoms with van der Waals surface area (Å²) in [6, 6.07) is 6.13. The number of nitrogens with two attached hydrogens (primary N) is 1. The van der Waals surface area contributed by atoms with Crippen LogP contribution in [0, 0.1) is 0 Å². The number of amides is 1. The summed E-state index contributed by atoms with van der Waals surface area (Å²) in [5.41, 5.74) is 4.82. The van der Waals surface area contributed by atoms with Crippen molar-refractivity contribution in [3.8, 4) is 0 Å². The van der Waals surface area contributed by atoms with Gasteiger partial charge in [-0.2, -0.15) is 0 Å². The summed E-state index contributed by atoms with van der Waals surface area (Å²) in [6.45, 7) is 0. The van der Waals surface area contributed by atoms with E-state index < -0.39 is 21.5 Å². The molecule has 0 saturated heterocycles. The fraction of sp³-hybridized carbons (Fsp3) is 0.125. The average Bonchev–Trinajstić information content (AvgIpc) is 2.01. The van der Waals surface area contributed by atoms with E-state index in [0.717, 1.165) is 0 Å². The van der Waals surface area contributed by atoms with E-state index in [-0.39, 0.29) is 4.90 Å². The van der Waals surface area contributed by atoms with Gasteiger partial charge in [0.1, 0.15) is 5.75 Å². The monoisotopic (exact) mass is 277 g/mol. The highest BCUT2D eigenvalue weighted by molar-refractivity contribution is 9.10. The highest BCUT2D eigenvalue weighted by Crippen LogP contribution is 2.16. The topological polar surface area (TPSA) is 77.2 Å². The van der Waals surface area contributed by atoms with Crippen LogP contribution in [0.25, 0.3) is 0 Å². The Kier molecular flexibility index (Phi) is 3.28. The Bertz CT molecular complexity index is 455. The Balaban J connectivity index is 3.11. The van der Waals surface area contributed by atoms with Gasteiger partial charge in [-0.3, -0.25) is 4.79 Å². The number of hydrogen-bond donors (Lipinski definition) is 1. The zero-order valence-corrected chi connectivity index (χ0v) is 9.51.